The van der Waals surface area contributed by atoms with Gasteiger partial charge in [0.15, 0.2) is 0 Å². The number of aromatic nitrogens is 1. The van der Waals surface area contributed by atoms with Crippen molar-refractivity contribution >= 4 is 23.0 Å². The van der Waals surface area contributed by atoms with Gasteiger partial charge < -0.3 is 10.2 Å². The van der Waals surface area contributed by atoms with E-state index >= 15 is 0 Å². The summed E-state index contributed by atoms with van der Waals surface area (Å²) in [6.45, 7) is 2.65. The van der Waals surface area contributed by atoms with Crippen LogP contribution in [-0.2, 0) is 0 Å². The topological polar surface area (TPSA) is 71.3 Å². The van der Waals surface area contributed by atoms with Gasteiger partial charge in [-0.3, -0.25) is 10.1 Å². The standard InChI is InChI=1S/C14H16N4O2/c1-3-17(11-7-5-4-6-8-11)14-10-12(18(19)20)9-13(15-2)16-14/h4-10H,3H2,1-2H3,(H,15,16). The van der Waals surface area contributed by atoms with Crippen molar-refractivity contribution < 1.29 is 4.92 Å². The molecule has 0 bridgehead atoms. The van der Waals surface area contributed by atoms with Crippen LogP contribution in [0.5, 0.6) is 0 Å². The Hall–Kier alpha value is -2.63. The molecule has 0 saturated heterocycles. The zero-order valence-corrected chi connectivity index (χ0v) is 11.4. The van der Waals surface area contributed by atoms with E-state index in [2.05, 4.69) is 10.3 Å². The highest BCUT2D eigenvalue weighted by molar-refractivity contribution is 5.64. The van der Waals surface area contributed by atoms with Crippen molar-refractivity contribution in [1.29, 1.82) is 0 Å². The summed E-state index contributed by atoms with van der Waals surface area (Å²) in [5, 5.41) is 13.9. The molecule has 1 heterocycles. The van der Waals surface area contributed by atoms with Crippen molar-refractivity contribution in [2.75, 3.05) is 23.8 Å². The van der Waals surface area contributed by atoms with Crippen molar-refractivity contribution in [2.24, 2.45) is 0 Å². The lowest BCUT2D eigenvalue weighted by Gasteiger charge is -2.22. The van der Waals surface area contributed by atoms with Gasteiger partial charge in [-0.05, 0) is 19.1 Å². The summed E-state index contributed by atoms with van der Waals surface area (Å²) in [5.41, 5.74) is 0.971. The molecule has 1 aromatic carbocycles. The molecule has 2 aromatic rings. The van der Waals surface area contributed by atoms with Crippen LogP contribution in [0.25, 0.3) is 0 Å². The van der Waals surface area contributed by atoms with Crippen molar-refractivity contribution in [3.8, 4) is 0 Å². The number of pyridine rings is 1. The van der Waals surface area contributed by atoms with Gasteiger partial charge >= 0.3 is 0 Å². The molecular weight excluding hydrogens is 256 g/mol. The molecule has 104 valence electrons. The third kappa shape index (κ3) is 2.85. The molecule has 0 spiro atoms. The minimum absolute atomic E-state index is 0.0220. The van der Waals surface area contributed by atoms with Gasteiger partial charge in [0, 0.05) is 19.3 Å². The molecule has 0 fully saturated rings. The van der Waals surface area contributed by atoms with Gasteiger partial charge in [-0.25, -0.2) is 4.98 Å². The fraction of sp³-hybridized carbons (Fsp3) is 0.214. The van der Waals surface area contributed by atoms with Gasteiger partial charge in [0.05, 0.1) is 17.1 Å². The van der Waals surface area contributed by atoms with Gasteiger partial charge in [0.1, 0.15) is 11.6 Å². The Labute approximate surface area is 117 Å². The number of rotatable bonds is 5. The number of hydrogen-bond acceptors (Lipinski definition) is 5. The molecule has 0 aliphatic heterocycles. The van der Waals surface area contributed by atoms with E-state index in [9.17, 15) is 10.1 Å². The largest absolute Gasteiger partial charge is 0.373 e. The number of para-hydroxylation sites is 1. The van der Waals surface area contributed by atoms with Crippen LogP contribution in [0.3, 0.4) is 0 Å². The first kappa shape index (κ1) is 13.8. The molecule has 20 heavy (non-hydrogen) atoms. The molecule has 0 unspecified atom stereocenters. The van der Waals surface area contributed by atoms with Crippen LogP contribution < -0.4 is 10.2 Å². The van der Waals surface area contributed by atoms with E-state index in [-0.39, 0.29) is 5.69 Å². The second-order valence-corrected chi connectivity index (χ2v) is 4.16. The Morgan fingerprint density at radius 3 is 2.55 bits per heavy atom. The predicted molar refractivity (Wildman–Crippen MR) is 79.6 cm³/mol. The van der Waals surface area contributed by atoms with Crippen LogP contribution >= 0.6 is 0 Å². The Morgan fingerprint density at radius 2 is 2.00 bits per heavy atom. The van der Waals surface area contributed by atoms with Crippen molar-refractivity contribution in [3.05, 3.63) is 52.6 Å². The smallest absolute Gasteiger partial charge is 0.276 e. The monoisotopic (exact) mass is 272 g/mol. The minimum Gasteiger partial charge on any atom is -0.373 e. The first-order chi connectivity index (χ1) is 9.65. The molecule has 6 nitrogen and oxygen atoms in total. The Morgan fingerprint density at radius 1 is 1.30 bits per heavy atom. The molecule has 1 aromatic heterocycles. The molecule has 0 radical (unpaired) electrons. The molecule has 6 heteroatoms. The summed E-state index contributed by atoms with van der Waals surface area (Å²) in [6.07, 6.45) is 0. The second-order valence-electron chi connectivity index (χ2n) is 4.16. The van der Waals surface area contributed by atoms with Gasteiger partial charge in [-0.2, -0.15) is 0 Å². The predicted octanol–water partition coefficient (Wildman–Crippen LogP) is 3.19. The van der Waals surface area contributed by atoms with Crippen molar-refractivity contribution in [1.82, 2.24) is 4.98 Å². The third-order valence-electron chi connectivity index (χ3n) is 2.92. The van der Waals surface area contributed by atoms with E-state index in [4.69, 9.17) is 0 Å². The van der Waals surface area contributed by atoms with E-state index in [1.54, 1.807) is 7.05 Å². The number of hydrogen-bond donors (Lipinski definition) is 1. The first-order valence-corrected chi connectivity index (χ1v) is 6.32. The summed E-state index contributed by atoms with van der Waals surface area (Å²) < 4.78 is 0. The molecule has 1 N–H and O–H groups in total. The van der Waals surface area contributed by atoms with E-state index in [0.29, 0.717) is 18.2 Å². The molecule has 0 amide bonds. The van der Waals surface area contributed by atoms with Gasteiger partial charge in [0.2, 0.25) is 0 Å². The summed E-state index contributed by atoms with van der Waals surface area (Å²) in [4.78, 5) is 16.9. The fourth-order valence-electron chi connectivity index (χ4n) is 1.96. The maximum absolute atomic E-state index is 11.0. The maximum Gasteiger partial charge on any atom is 0.276 e. The van der Waals surface area contributed by atoms with Crippen LogP contribution in [0.15, 0.2) is 42.5 Å². The molecule has 2 rings (SSSR count). The summed E-state index contributed by atoms with van der Waals surface area (Å²) in [6, 6.07) is 12.6. The van der Waals surface area contributed by atoms with E-state index in [1.165, 1.54) is 12.1 Å². The normalized spacial score (nSPS) is 10.1. The maximum atomic E-state index is 11.0. The average molecular weight is 272 g/mol. The molecule has 0 aliphatic rings. The van der Waals surface area contributed by atoms with Crippen molar-refractivity contribution in [3.63, 3.8) is 0 Å². The van der Waals surface area contributed by atoms with Crippen LogP contribution in [0.4, 0.5) is 23.0 Å². The van der Waals surface area contributed by atoms with Gasteiger partial charge in [-0.15, -0.1) is 0 Å². The first-order valence-electron chi connectivity index (χ1n) is 6.32. The van der Waals surface area contributed by atoms with Gasteiger partial charge in [0.25, 0.3) is 5.69 Å². The Balaban J connectivity index is 2.49. The summed E-state index contributed by atoms with van der Waals surface area (Å²) in [5.74, 6) is 1.03. The van der Waals surface area contributed by atoms with Crippen LogP contribution in [0.1, 0.15) is 6.92 Å². The SMILES string of the molecule is CCN(c1ccccc1)c1cc([N+](=O)[O-])cc(NC)n1. The average Bonchev–Trinajstić information content (AvgIpc) is 2.48. The molecule has 0 aliphatic carbocycles. The van der Waals surface area contributed by atoms with Gasteiger partial charge in [-0.1, -0.05) is 18.2 Å². The number of nitro groups is 1. The summed E-state index contributed by atoms with van der Waals surface area (Å²) in [7, 11) is 1.69. The Bertz CT molecular complexity index is 601. The second kappa shape index (κ2) is 6.01. The Kier molecular flexibility index (Phi) is 4.14. The van der Waals surface area contributed by atoms with Crippen molar-refractivity contribution in [2.45, 2.75) is 6.92 Å². The summed E-state index contributed by atoms with van der Waals surface area (Å²) >= 11 is 0. The van der Waals surface area contributed by atoms with E-state index in [1.807, 2.05) is 42.2 Å². The highest BCUT2D eigenvalue weighted by Crippen LogP contribution is 2.28. The number of nitrogens with zero attached hydrogens (tertiary/aromatic N) is 3. The quantitative estimate of drug-likeness (QED) is 0.668. The zero-order valence-electron chi connectivity index (χ0n) is 11.4. The minimum atomic E-state index is -0.412. The van der Waals surface area contributed by atoms with Crippen LogP contribution in [0, 0.1) is 10.1 Å². The molecule has 0 atom stereocenters. The van der Waals surface area contributed by atoms with Crippen LogP contribution in [-0.4, -0.2) is 23.5 Å². The highest BCUT2D eigenvalue weighted by atomic mass is 16.6. The van der Waals surface area contributed by atoms with E-state index < -0.39 is 4.92 Å². The number of nitrogens with one attached hydrogen (secondary N) is 1. The van der Waals surface area contributed by atoms with E-state index in [0.717, 1.165) is 5.69 Å². The third-order valence-corrected chi connectivity index (χ3v) is 2.92. The zero-order chi connectivity index (χ0) is 14.5. The highest BCUT2D eigenvalue weighted by Gasteiger charge is 2.15. The lowest BCUT2D eigenvalue weighted by molar-refractivity contribution is -0.384. The molecule has 0 saturated carbocycles. The number of benzene rings is 1. The lowest BCUT2D eigenvalue weighted by Crippen LogP contribution is -2.18. The number of anilines is 3. The molecular formula is C14H16N4O2. The van der Waals surface area contributed by atoms with Crippen LogP contribution in [0.2, 0.25) is 0 Å². The lowest BCUT2D eigenvalue weighted by atomic mass is 10.2. The fourth-order valence-corrected chi connectivity index (χ4v) is 1.96.